The molecule has 1 aromatic heterocycles. The summed E-state index contributed by atoms with van der Waals surface area (Å²) >= 11 is 0. The number of nitrogen functional groups attached to an aromatic ring is 1. The molecule has 2 N–H and O–H groups in total. The summed E-state index contributed by atoms with van der Waals surface area (Å²) in [5.41, 5.74) is 7.35. The Labute approximate surface area is 123 Å². The van der Waals surface area contributed by atoms with Crippen LogP contribution in [-0.4, -0.2) is 46.8 Å². The third kappa shape index (κ3) is 2.69. The van der Waals surface area contributed by atoms with Crippen molar-refractivity contribution in [2.45, 2.75) is 0 Å². The van der Waals surface area contributed by atoms with Crippen molar-refractivity contribution in [3.63, 3.8) is 0 Å². The molecule has 6 nitrogen and oxygen atoms in total. The third-order valence-electron chi connectivity index (χ3n) is 3.82. The Morgan fingerprint density at radius 2 is 1.81 bits per heavy atom. The van der Waals surface area contributed by atoms with Gasteiger partial charge in [0.25, 0.3) is 5.91 Å². The molecule has 0 bridgehead atoms. The van der Waals surface area contributed by atoms with Crippen molar-refractivity contribution in [3.05, 3.63) is 42.1 Å². The van der Waals surface area contributed by atoms with Crippen molar-refractivity contribution in [2.24, 2.45) is 7.05 Å². The zero-order valence-electron chi connectivity index (χ0n) is 12.1. The molecule has 1 aromatic carbocycles. The number of nitrogens with two attached hydrogens (primary N) is 1. The first-order valence-corrected chi connectivity index (χ1v) is 7.04. The number of amides is 1. The van der Waals surface area contributed by atoms with Crippen molar-refractivity contribution in [2.75, 3.05) is 36.8 Å². The topological polar surface area (TPSA) is 67.4 Å². The monoisotopic (exact) mass is 285 g/mol. The zero-order chi connectivity index (χ0) is 14.8. The highest BCUT2D eigenvalue weighted by Gasteiger charge is 2.24. The molecule has 6 heteroatoms. The number of aromatic nitrogens is 2. The number of hydrogen-bond acceptors (Lipinski definition) is 4. The summed E-state index contributed by atoms with van der Waals surface area (Å²) in [7, 11) is 1.74. The number of para-hydroxylation sites is 1. The minimum absolute atomic E-state index is 0.0463. The molecule has 2 aromatic rings. The van der Waals surface area contributed by atoms with Gasteiger partial charge in [-0.2, -0.15) is 5.10 Å². The lowest BCUT2D eigenvalue weighted by Crippen LogP contribution is -2.48. The Bertz CT molecular complexity index is 609. The minimum Gasteiger partial charge on any atom is -0.384 e. The Hall–Kier alpha value is -2.50. The van der Waals surface area contributed by atoms with E-state index in [2.05, 4.69) is 22.1 Å². The summed E-state index contributed by atoms with van der Waals surface area (Å²) in [6.07, 6.45) is 0. The molecule has 0 saturated carbocycles. The van der Waals surface area contributed by atoms with Gasteiger partial charge in [-0.1, -0.05) is 18.2 Å². The minimum atomic E-state index is -0.0463. The Kier molecular flexibility index (Phi) is 3.51. The average Bonchev–Trinajstić information content (AvgIpc) is 2.87. The summed E-state index contributed by atoms with van der Waals surface area (Å²) < 4.78 is 1.52. The van der Waals surface area contributed by atoms with Crippen LogP contribution in [0.15, 0.2) is 36.4 Å². The fourth-order valence-electron chi connectivity index (χ4n) is 2.55. The second-order valence-electron chi connectivity index (χ2n) is 5.19. The lowest BCUT2D eigenvalue weighted by molar-refractivity contribution is 0.0740. The largest absolute Gasteiger partial charge is 0.384 e. The first-order valence-electron chi connectivity index (χ1n) is 7.04. The maximum atomic E-state index is 12.4. The molecule has 0 atom stereocenters. The quantitative estimate of drug-likeness (QED) is 0.892. The van der Waals surface area contributed by atoms with Crippen LogP contribution in [0.2, 0.25) is 0 Å². The van der Waals surface area contributed by atoms with Gasteiger partial charge in [0, 0.05) is 45.0 Å². The molecule has 1 fully saturated rings. The summed E-state index contributed by atoms with van der Waals surface area (Å²) in [6, 6.07) is 11.9. The molecule has 1 saturated heterocycles. The zero-order valence-corrected chi connectivity index (χ0v) is 12.1. The standard InChI is InChI=1S/C15H19N5O/c1-18-14(16)11-13(17-18)15(21)20-9-7-19(8-10-20)12-5-3-2-4-6-12/h2-6,11H,7-10,16H2,1H3. The van der Waals surface area contributed by atoms with Crippen molar-refractivity contribution in [1.82, 2.24) is 14.7 Å². The Morgan fingerprint density at radius 3 is 2.38 bits per heavy atom. The number of rotatable bonds is 2. The van der Waals surface area contributed by atoms with Gasteiger partial charge in [-0.05, 0) is 12.1 Å². The second kappa shape index (κ2) is 5.47. The maximum absolute atomic E-state index is 12.4. The van der Waals surface area contributed by atoms with E-state index >= 15 is 0 Å². The fraction of sp³-hybridized carbons (Fsp3) is 0.333. The molecule has 0 radical (unpaired) electrons. The molecule has 21 heavy (non-hydrogen) atoms. The second-order valence-corrected chi connectivity index (χ2v) is 5.19. The molecule has 1 aliphatic heterocycles. The van der Waals surface area contributed by atoms with Crippen LogP contribution >= 0.6 is 0 Å². The van der Waals surface area contributed by atoms with Crippen LogP contribution in [0.5, 0.6) is 0 Å². The van der Waals surface area contributed by atoms with Gasteiger partial charge < -0.3 is 15.5 Å². The van der Waals surface area contributed by atoms with Gasteiger partial charge in [-0.25, -0.2) is 0 Å². The van der Waals surface area contributed by atoms with Crippen molar-refractivity contribution in [1.29, 1.82) is 0 Å². The van der Waals surface area contributed by atoms with E-state index in [1.54, 1.807) is 13.1 Å². The SMILES string of the molecule is Cn1nc(C(=O)N2CCN(c3ccccc3)CC2)cc1N. The van der Waals surface area contributed by atoms with Crippen LogP contribution in [0.3, 0.4) is 0 Å². The predicted molar refractivity (Wildman–Crippen MR) is 82.2 cm³/mol. The van der Waals surface area contributed by atoms with Crippen molar-refractivity contribution >= 4 is 17.4 Å². The first-order chi connectivity index (χ1) is 10.1. The number of aryl methyl sites for hydroxylation is 1. The van der Waals surface area contributed by atoms with E-state index in [9.17, 15) is 4.79 Å². The summed E-state index contributed by atoms with van der Waals surface area (Å²) in [6.45, 7) is 3.06. The van der Waals surface area contributed by atoms with Crippen LogP contribution < -0.4 is 10.6 Å². The highest BCUT2D eigenvalue weighted by Crippen LogP contribution is 2.17. The van der Waals surface area contributed by atoms with Gasteiger partial charge in [0.15, 0.2) is 5.69 Å². The number of piperazine rings is 1. The fourth-order valence-corrected chi connectivity index (χ4v) is 2.55. The average molecular weight is 285 g/mol. The van der Waals surface area contributed by atoms with Gasteiger partial charge in [-0.3, -0.25) is 9.48 Å². The number of anilines is 2. The molecule has 0 spiro atoms. The maximum Gasteiger partial charge on any atom is 0.274 e. The van der Waals surface area contributed by atoms with E-state index in [1.165, 1.54) is 10.4 Å². The van der Waals surface area contributed by atoms with E-state index < -0.39 is 0 Å². The van der Waals surface area contributed by atoms with Crippen molar-refractivity contribution < 1.29 is 4.79 Å². The van der Waals surface area contributed by atoms with E-state index in [-0.39, 0.29) is 5.91 Å². The van der Waals surface area contributed by atoms with Crippen LogP contribution in [0.4, 0.5) is 11.5 Å². The number of hydrogen-bond donors (Lipinski definition) is 1. The molecular weight excluding hydrogens is 266 g/mol. The molecule has 0 unspecified atom stereocenters. The lowest BCUT2D eigenvalue weighted by Gasteiger charge is -2.35. The molecule has 2 heterocycles. The number of nitrogens with zero attached hydrogens (tertiary/aromatic N) is 4. The molecule has 0 aliphatic carbocycles. The number of carbonyl (C=O) groups is 1. The molecule has 1 aliphatic rings. The van der Waals surface area contributed by atoms with Crippen LogP contribution in [0.1, 0.15) is 10.5 Å². The van der Waals surface area contributed by atoms with Crippen molar-refractivity contribution in [3.8, 4) is 0 Å². The first kappa shape index (κ1) is 13.5. The van der Waals surface area contributed by atoms with Gasteiger partial charge in [-0.15, -0.1) is 0 Å². The number of benzene rings is 1. The number of carbonyl (C=O) groups excluding carboxylic acids is 1. The molecule has 110 valence electrons. The molecular formula is C15H19N5O. The lowest BCUT2D eigenvalue weighted by atomic mass is 10.2. The summed E-state index contributed by atoms with van der Waals surface area (Å²) in [5, 5.41) is 4.15. The highest BCUT2D eigenvalue weighted by atomic mass is 16.2. The van der Waals surface area contributed by atoms with Gasteiger partial charge in [0.2, 0.25) is 0 Å². The van der Waals surface area contributed by atoms with Gasteiger partial charge in [0.1, 0.15) is 5.82 Å². The van der Waals surface area contributed by atoms with Gasteiger partial charge in [0.05, 0.1) is 0 Å². The highest BCUT2D eigenvalue weighted by molar-refractivity contribution is 5.93. The van der Waals surface area contributed by atoms with E-state index in [1.807, 2.05) is 23.1 Å². The van der Waals surface area contributed by atoms with E-state index in [4.69, 9.17) is 5.73 Å². The Morgan fingerprint density at radius 1 is 1.14 bits per heavy atom. The molecule has 1 amide bonds. The summed E-state index contributed by atoms with van der Waals surface area (Å²) in [5.74, 6) is 0.455. The van der Waals surface area contributed by atoms with Crippen LogP contribution in [0.25, 0.3) is 0 Å². The summed E-state index contributed by atoms with van der Waals surface area (Å²) in [4.78, 5) is 16.5. The van der Waals surface area contributed by atoms with Crippen LogP contribution in [-0.2, 0) is 7.05 Å². The predicted octanol–water partition coefficient (Wildman–Crippen LogP) is 0.965. The van der Waals surface area contributed by atoms with E-state index in [0.29, 0.717) is 24.6 Å². The van der Waals surface area contributed by atoms with Gasteiger partial charge >= 0.3 is 0 Å². The normalized spacial score (nSPS) is 15.3. The Balaban J connectivity index is 1.64. The van der Waals surface area contributed by atoms with Crippen LogP contribution in [0, 0.1) is 0 Å². The third-order valence-corrected chi connectivity index (χ3v) is 3.82. The smallest absolute Gasteiger partial charge is 0.274 e. The van der Waals surface area contributed by atoms with E-state index in [0.717, 1.165) is 13.1 Å². The molecule has 3 rings (SSSR count).